The third kappa shape index (κ3) is 4.61. The summed E-state index contributed by atoms with van der Waals surface area (Å²) >= 11 is 0. The maximum absolute atomic E-state index is 12.3. The minimum Gasteiger partial charge on any atom is -0.360 e. The maximum atomic E-state index is 12.3. The molecule has 0 atom stereocenters. The molecule has 0 spiro atoms. The van der Waals surface area contributed by atoms with Crippen LogP contribution in [0.1, 0.15) is 63.0 Å². The Morgan fingerprint density at radius 2 is 2.00 bits per heavy atom. The summed E-state index contributed by atoms with van der Waals surface area (Å²) in [6.45, 7) is 6.28. The van der Waals surface area contributed by atoms with Gasteiger partial charge in [0.15, 0.2) is 0 Å². The van der Waals surface area contributed by atoms with E-state index < -0.39 is 0 Å². The van der Waals surface area contributed by atoms with E-state index in [-0.39, 0.29) is 17.5 Å². The van der Waals surface area contributed by atoms with Gasteiger partial charge in [0, 0.05) is 17.9 Å². The SMILES string of the molecule is Cc1cccc(C(C)C)c1N/C=C(/C#N)C(=O)NC1CCCCC1. The standard InChI is InChI=1S/C20H27N3O/c1-14(2)18-11-7-8-15(3)19(18)22-13-16(12-21)20(24)23-17-9-5-4-6-10-17/h7-8,11,13-14,17,22H,4-6,9-10H2,1-3H3,(H,23,24)/b16-13-. The molecule has 2 rings (SSSR count). The van der Waals surface area contributed by atoms with Crippen LogP contribution in [0.5, 0.6) is 0 Å². The van der Waals surface area contributed by atoms with Crippen molar-refractivity contribution in [3.8, 4) is 6.07 Å². The van der Waals surface area contributed by atoms with E-state index in [1.807, 2.05) is 25.1 Å². The fourth-order valence-electron chi connectivity index (χ4n) is 3.17. The Kier molecular flexibility index (Phi) is 6.43. The predicted molar refractivity (Wildman–Crippen MR) is 97.6 cm³/mol. The summed E-state index contributed by atoms with van der Waals surface area (Å²) < 4.78 is 0. The largest absolute Gasteiger partial charge is 0.360 e. The smallest absolute Gasteiger partial charge is 0.263 e. The minimum atomic E-state index is -0.281. The van der Waals surface area contributed by atoms with Crippen LogP contribution in [0.3, 0.4) is 0 Å². The van der Waals surface area contributed by atoms with Crippen molar-refractivity contribution in [2.75, 3.05) is 5.32 Å². The van der Waals surface area contributed by atoms with Crippen molar-refractivity contribution in [3.63, 3.8) is 0 Å². The number of amides is 1. The Bertz CT molecular complexity index is 649. The van der Waals surface area contributed by atoms with E-state index in [9.17, 15) is 10.1 Å². The molecule has 4 nitrogen and oxygen atoms in total. The van der Waals surface area contributed by atoms with E-state index >= 15 is 0 Å². The van der Waals surface area contributed by atoms with Crippen LogP contribution in [-0.2, 0) is 4.79 Å². The molecule has 1 aliphatic carbocycles. The number of benzene rings is 1. The van der Waals surface area contributed by atoms with Crippen LogP contribution >= 0.6 is 0 Å². The number of para-hydroxylation sites is 1. The van der Waals surface area contributed by atoms with E-state index in [0.29, 0.717) is 5.92 Å². The lowest BCUT2D eigenvalue weighted by Crippen LogP contribution is -2.37. The molecule has 1 aromatic carbocycles. The minimum absolute atomic E-state index is 0.124. The van der Waals surface area contributed by atoms with E-state index in [1.165, 1.54) is 18.2 Å². The van der Waals surface area contributed by atoms with Gasteiger partial charge in [0.25, 0.3) is 5.91 Å². The zero-order valence-corrected chi connectivity index (χ0v) is 14.9. The molecule has 24 heavy (non-hydrogen) atoms. The molecule has 2 N–H and O–H groups in total. The number of nitriles is 1. The highest BCUT2D eigenvalue weighted by Crippen LogP contribution is 2.27. The van der Waals surface area contributed by atoms with Crippen LogP contribution in [0.15, 0.2) is 30.0 Å². The number of anilines is 1. The Labute approximate surface area is 144 Å². The number of nitrogens with one attached hydrogen (secondary N) is 2. The average molecular weight is 325 g/mol. The maximum Gasteiger partial charge on any atom is 0.263 e. The topological polar surface area (TPSA) is 64.9 Å². The van der Waals surface area contributed by atoms with Gasteiger partial charge in [-0.15, -0.1) is 0 Å². The molecule has 1 amide bonds. The summed E-state index contributed by atoms with van der Waals surface area (Å²) in [5.41, 5.74) is 3.38. The summed E-state index contributed by atoms with van der Waals surface area (Å²) in [5.74, 6) is 0.0824. The van der Waals surface area contributed by atoms with Gasteiger partial charge in [0.05, 0.1) is 0 Å². The lowest BCUT2D eigenvalue weighted by molar-refractivity contribution is -0.118. The number of hydrogen-bond acceptors (Lipinski definition) is 3. The molecular formula is C20H27N3O. The molecule has 0 unspecified atom stereocenters. The lowest BCUT2D eigenvalue weighted by Gasteiger charge is -2.22. The van der Waals surface area contributed by atoms with Crippen molar-refractivity contribution in [2.45, 2.75) is 64.8 Å². The van der Waals surface area contributed by atoms with Gasteiger partial charge in [-0.25, -0.2) is 0 Å². The van der Waals surface area contributed by atoms with Crippen LogP contribution in [-0.4, -0.2) is 11.9 Å². The molecule has 1 aromatic rings. The molecule has 1 saturated carbocycles. The first-order chi connectivity index (χ1) is 11.5. The Balaban J connectivity index is 2.11. The summed E-state index contributed by atoms with van der Waals surface area (Å²) in [6.07, 6.45) is 7.08. The number of carbonyl (C=O) groups is 1. The molecular weight excluding hydrogens is 298 g/mol. The molecule has 0 aromatic heterocycles. The number of carbonyl (C=O) groups excluding carboxylic acids is 1. The van der Waals surface area contributed by atoms with E-state index in [0.717, 1.165) is 36.9 Å². The molecule has 128 valence electrons. The Hall–Kier alpha value is -2.28. The van der Waals surface area contributed by atoms with Crippen molar-refractivity contribution in [1.29, 1.82) is 5.26 Å². The lowest BCUT2D eigenvalue weighted by atomic mass is 9.95. The number of rotatable bonds is 5. The van der Waals surface area contributed by atoms with Crippen molar-refractivity contribution in [3.05, 3.63) is 41.1 Å². The third-order valence-corrected chi connectivity index (χ3v) is 4.59. The van der Waals surface area contributed by atoms with E-state index in [1.54, 1.807) is 0 Å². The molecule has 1 fully saturated rings. The normalized spacial score (nSPS) is 15.9. The van der Waals surface area contributed by atoms with Gasteiger partial charge in [0.2, 0.25) is 0 Å². The van der Waals surface area contributed by atoms with Crippen LogP contribution < -0.4 is 10.6 Å². The fourth-order valence-corrected chi connectivity index (χ4v) is 3.17. The number of aryl methyl sites for hydroxylation is 1. The summed E-state index contributed by atoms with van der Waals surface area (Å²) in [7, 11) is 0. The second-order valence-corrected chi connectivity index (χ2v) is 6.82. The number of nitrogens with zero attached hydrogens (tertiary/aromatic N) is 1. The predicted octanol–water partition coefficient (Wildman–Crippen LogP) is 4.39. The first-order valence-corrected chi connectivity index (χ1v) is 8.80. The first kappa shape index (κ1) is 18.1. The van der Waals surface area contributed by atoms with Crippen molar-refractivity contribution >= 4 is 11.6 Å². The highest BCUT2D eigenvalue weighted by Gasteiger charge is 2.18. The van der Waals surface area contributed by atoms with Crippen LogP contribution in [0.4, 0.5) is 5.69 Å². The average Bonchev–Trinajstić information content (AvgIpc) is 2.57. The van der Waals surface area contributed by atoms with Crippen molar-refractivity contribution in [1.82, 2.24) is 5.32 Å². The van der Waals surface area contributed by atoms with Gasteiger partial charge in [-0.3, -0.25) is 4.79 Å². The van der Waals surface area contributed by atoms with Crippen LogP contribution in [0, 0.1) is 18.3 Å². The van der Waals surface area contributed by atoms with E-state index in [2.05, 4.69) is 30.5 Å². The van der Waals surface area contributed by atoms with Crippen LogP contribution in [0.25, 0.3) is 0 Å². The quantitative estimate of drug-likeness (QED) is 0.623. The molecule has 0 saturated heterocycles. The third-order valence-electron chi connectivity index (χ3n) is 4.59. The summed E-state index contributed by atoms with van der Waals surface area (Å²) in [5, 5.41) is 15.5. The van der Waals surface area contributed by atoms with Gasteiger partial charge in [0.1, 0.15) is 11.6 Å². The first-order valence-electron chi connectivity index (χ1n) is 8.80. The Morgan fingerprint density at radius 1 is 1.29 bits per heavy atom. The Morgan fingerprint density at radius 3 is 2.62 bits per heavy atom. The molecule has 1 aliphatic rings. The highest BCUT2D eigenvalue weighted by molar-refractivity contribution is 5.97. The molecule has 0 heterocycles. The second-order valence-electron chi connectivity index (χ2n) is 6.82. The van der Waals surface area contributed by atoms with E-state index in [4.69, 9.17) is 0 Å². The second kappa shape index (κ2) is 8.54. The molecule has 0 aliphatic heterocycles. The van der Waals surface area contributed by atoms with Gasteiger partial charge in [-0.05, 0) is 36.8 Å². The van der Waals surface area contributed by atoms with Crippen molar-refractivity contribution < 1.29 is 4.79 Å². The fraction of sp³-hybridized carbons (Fsp3) is 0.500. The van der Waals surface area contributed by atoms with Gasteiger partial charge < -0.3 is 10.6 Å². The molecule has 0 radical (unpaired) electrons. The summed E-state index contributed by atoms with van der Waals surface area (Å²) in [4.78, 5) is 12.3. The van der Waals surface area contributed by atoms with Gasteiger partial charge in [-0.2, -0.15) is 5.26 Å². The van der Waals surface area contributed by atoms with Gasteiger partial charge >= 0.3 is 0 Å². The zero-order chi connectivity index (χ0) is 17.5. The molecule has 0 bridgehead atoms. The van der Waals surface area contributed by atoms with Crippen molar-refractivity contribution in [2.24, 2.45) is 0 Å². The molecule has 4 heteroatoms. The monoisotopic (exact) mass is 325 g/mol. The van der Waals surface area contributed by atoms with Crippen LogP contribution in [0.2, 0.25) is 0 Å². The number of hydrogen-bond donors (Lipinski definition) is 2. The zero-order valence-electron chi connectivity index (χ0n) is 14.9. The van der Waals surface area contributed by atoms with Gasteiger partial charge in [-0.1, -0.05) is 51.3 Å². The highest BCUT2D eigenvalue weighted by atomic mass is 16.1. The summed E-state index contributed by atoms with van der Waals surface area (Å²) in [6, 6.07) is 8.34.